The van der Waals surface area contributed by atoms with Gasteiger partial charge in [0, 0.05) is 0 Å². The van der Waals surface area contributed by atoms with E-state index in [0.717, 1.165) is 26.4 Å². The second kappa shape index (κ2) is 9.06. The van der Waals surface area contributed by atoms with Crippen molar-refractivity contribution >= 4 is 44.4 Å². The Hall–Kier alpha value is -3.06. The summed E-state index contributed by atoms with van der Waals surface area (Å²) in [6.07, 6.45) is -0.657. The van der Waals surface area contributed by atoms with Crippen LogP contribution in [0.5, 0.6) is 5.75 Å². The van der Waals surface area contributed by atoms with Gasteiger partial charge in [-0.25, -0.2) is 4.79 Å². The molecule has 0 aromatic heterocycles. The Morgan fingerprint density at radius 1 is 1.15 bits per heavy atom. The lowest BCUT2D eigenvalue weighted by molar-refractivity contribution is -0.121. The van der Waals surface area contributed by atoms with Crippen LogP contribution in [-0.2, 0) is 16.1 Å². The average Bonchev–Trinajstić information content (AvgIpc) is 2.87. The number of amides is 2. The van der Waals surface area contributed by atoms with Gasteiger partial charge in [0.15, 0.2) is 5.75 Å². The van der Waals surface area contributed by atoms with Crippen LogP contribution in [0, 0.1) is 6.92 Å². The summed E-state index contributed by atoms with van der Waals surface area (Å²) >= 11 is 3.54. The molecule has 0 aliphatic carbocycles. The fraction of sp³-hybridized carbons (Fsp3) is 0.308. The fourth-order valence-corrected chi connectivity index (χ4v) is 4.40. The van der Waals surface area contributed by atoms with Crippen LogP contribution in [0.2, 0.25) is 0 Å². The maximum atomic E-state index is 13.7. The second-order valence-electron chi connectivity index (χ2n) is 9.10. The van der Waals surface area contributed by atoms with Crippen LogP contribution in [0.25, 0.3) is 10.8 Å². The number of hydrogen-bond donors (Lipinski definition) is 1. The van der Waals surface area contributed by atoms with Crippen molar-refractivity contribution in [1.82, 2.24) is 5.32 Å². The number of aryl methyl sites for hydroxylation is 1. The van der Waals surface area contributed by atoms with Crippen molar-refractivity contribution < 1.29 is 19.1 Å². The molecule has 1 atom stereocenters. The number of rotatable bonds is 3. The lowest BCUT2D eigenvalue weighted by atomic mass is 9.99. The number of nitrogens with one attached hydrogen (secondary N) is 1. The minimum atomic E-state index is -0.894. The zero-order valence-electron chi connectivity index (χ0n) is 19.1. The van der Waals surface area contributed by atoms with Gasteiger partial charge in [0.1, 0.15) is 18.2 Å². The number of halogens is 1. The molecule has 1 heterocycles. The number of anilines is 1. The van der Waals surface area contributed by atoms with Crippen molar-refractivity contribution in [2.45, 2.75) is 45.9 Å². The molecule has 172 valence electrons. The van der Waals surface area contributed by atoms with E-state index in [1.54, 1.807) is 25.7 Å². The predicted molar refractivity (Wildman–Crippen MR) is 133 cm³/mol. The number of para-hydroxylation sites is 1. The smallest absolute Gasteiger partial charge is 0.408 e. The molecular weight excluding hydrogens is 484 g/mol. The Morgan fingerprint density at radius 2 is 1.91 bits per heavy atom. The molecule has 4 rings (SSSR count). The van der Waals surface area contributed by atoms with Crippen molar-refractivity contribution in [3.05, 3.63) is 70.2 Å². The standard InChI is InChI=1S/C26H27BrN2O4/c1-16-12-13-17-8-5-6-9-18(17)19(16)14-29-22-11-7-10-20(27)23(22)32-15-21(24(29)30)28-25(31)33-26(2,3)4/h5-13,21H,14-15H2,1-4H3,(H,28,31)/t21-/m0/s1. The zero-order chi connectivity index (χ0) is 23.8. The highest BCUT2D eigenvalue weighted by Gasteiger charge is 2.35. The van der Waals surface area contributed by atoms with Crippen molar-refractivity contribution in [2.24, 2.45) is 0 Å². The number of benzene rings is 3. The third-order valence-electron chi connectivity index (χ3n) is 5.48. The quantitative estimate of drug-likeness (QED) is 0.488. The molecular formula is C26H27BrN2O4. The van der Waals surface area contributed by atoms with E-state index in [2.05, 4.69) is 45.5 Å². The largest absolute Gasteiger partial charge is 0.487 e. The minimum absolute atomic E-state index is 0.00128. The minimum Gasteiger partial charge on any atom is -0.487 e. The van der Waals surface area contributed by atoms with Gasteiger partial charge in [-0.2, -0.15) is 0 Å². The van der Waals surface area contributed by atoms with Crippen molar-refractivity contribution in [3.8, 4) is 5.75 Å². The monoisotopic (exact) mass is 510 g/mol. The summed E-state index contributed by atoms with van der Waals surface area (Å²) < 4.78 is 12.1. The van der Waals surface area contributed by atoms with Crippen LogP contribution in [0.15, 0.2) is 59.1 Å². The number of ether oxygens (including phenoxy) is 2. The molecule has 33 heavy (non-hydrogen) atoms. The molecule has 2 amide bonds. The third kappa shape index (κ3) is 4.98. The maximum Gasteiger partial charge on any atom is 0.408 e. The topological polar surface area (TPSA) is 67.9 Å². The Bertz CT molecular complexity index is 1220. The Kier molecular flexibility index (Phi) is 6.34. The van der Waals surface area contributed by atoms with E-state index in [4.69, 9.17) is 9.47 Å². The van der Waals surface area contributed by atoms with E-state index in [9.17, 15) is 9.59 Å². The van der Waals surface area contributed by atoms with Gasteiger partial charge in [0.2, 0.25) is 0 Å². The highest BCUT2D eigenvalue weighted by molar-refractivity contribution is 9.10. The van der Waals surface area contributed by atoms with Crippen LogP contribution in [0.3, 0.4) is 0 Å². The summed E-state index contributed by atoms with van der Waals surface area (Å²) in [4.78, 5) is 27.9. The molecule has 1 N–H and O–H groups in total. The molecule has 0 spiro atoms. The van der Waals surface area contributed by atoms with E-state index < -0.39 is 17.7 Å². The first-order valence-corrected chi connectivity index (χ1v) is 11.6. The number of hydrogen-bond acceptors (Lipinski definition) is 4. The normalized spacial score (nSPS) is 16.1. The van der Waals surface area contributed by atoms with Crippen molar-refractivity contribution in [3.63, 3.8) is 0 Å². The first-order valence-electron chi connectivity index (χ1n) is 10.8. The molecule has 3 aromatic carbocycles. The van der Waals surface area contributed by atoms with Gasteiger partial charge < -0.3 is 19.7 Å². The van der Waals surface area contributed by atoms with Crippen LogP contribution in [0.4, 0.5) is 10.5 Å². The zero-order valence-corrected chi connectivity index (χ0v) is 20.7. The maximum absolute atomic E-state index is 13.7. The first-order chi connectivity index (χ1) is 15.6. The average molecular weight is 511 g/mol. The summed E-state index contributed by atoms with van der Waals surface area (Å²) in [5.74, 6) is 0.308. The fourth-order valence-electron chi connectivity index (χ4n) is 3.93. The highest BCUT2D eigenvalue weighted by atomic mass is 79.9. The van der Waals surface area contributed by atoms with Crippen LogP contribution in [-0.4, -0.2) is 30.3 Å². The van der Waals surface area contributed by atoms with E-state index in [1.807, 2.05) is 37.3 Å². The van der Waals surface area contributed by atoms with Gasteiger partial charge in [-0.1, -0.05) is 42.5 Å². The summed E-state index contributed by atoms with van der Waals surface area (Å²) in [6.45, 7) is 7.71. The number of carbonyl (C=O) groups excluding carboxylic acids is 2. The first kappa shape index (κ1) is 23.1. The van der Waals surface area contributed by atoms with E-state index in [1.165, 1.54) is 0 Å². The molecule has 6 nitrogen and oxygen atoms in total. The predicted octanol–water partition coefficient (Wildman–Crippen LogP) is 5.73. The number of fused-ring (bicyclic) bond motifs is 2. The molecule has 7 heteroatoms. The van der Waals surface area contributed by atoms with Gasteiger partial charge in [0.25, 0.3) is 5.91 Å². The van der Waals surface area contributed by atoms with Crippen molar-refractivity contribution in [1.29, 1.82) is 0 Å². The molecule has 0 fully saturated rings. The molecule has 1 aliphatic rings. The molecule has 1 aliphatic heterocycles. The van der Waals surface area contributed by atoms with Gasteiger partial charge in [0.05, 0.1) is 16.7 Å². The number of nitrogens with zero attached hydrogens (tertiary/aromatic N) is 1. The van der Waals surface area contributed by atoms with E-state index in [0.29, 0.717) is 18.0 Å². The van der Waals surface area contributed by atoms with Gasteiger partial charge in [-0.3, -0.25) is 4.79 Å². The lowest BCUT2D eigenvalue weighted by Crippen LogP contribution is -2.51. The summed E-state index contributed by atoms with van der Waals surface area (Å²) in [5, 5.41) is 4.89. The lowest BCUT2D eigenvalue weighted by Gasteiger charge is -2.27. The van der Waals surface area contributed by atoms with Gasteiger partial charge >= 0.3 is 6.09 Å². The summed E-state index contributed by atoms with van der Waals surface area (Å²) in [7, 11) is 0. The highest BCUT2D eigenvalue weighted by Crippen LogP contribution is 2.39. The Morgan fingerprint density at radius 3 is 2.67 bits per heavy atom. The third-order valence-corrected chi connectivity index (χ3v) is 6.10. The molecule has 0 unspecified atom stereocenters. The molecule has 0 saturated heterocycles. The Labute approximate surface area is 202 Å². The summed E-state index contributed by atoms with van der Waals surface area (Å²) in [5.41, 5.74) is 2.10. The van der Waals surface area contributed by atoms with E-state index in [-0.39, 0.29) is 12.5 Å². The van der Waals surface area contributed by atoms with Crippen LogP contribution >= 0.6 is 15.9 Å². The summed E-state index contributed by atoms with van der Waals surface area (Å²) in [6, 6.07) is 17.0. The molecule has 0 bridgehead atoms. The molecule has 3 aromatic rings. The van der Waals surface area contributed by atoms with Gasteiger partial charge in [-0.05, 0) is 77.7 Å². The second-order valence-corrected chi connectivity index (χ2v) is 9.96. The Balaban J connectivity index is 1.74. The van der Waals surface area contributed by atoms with E-state index >= 15 is 0 Å². The SMILES string of the molecule is Cc1ccc2ccccc2c1CN1C(=O)[C@@H](NC(=O)OC(C)(C)C)COc2c(Br)cccc21. The van der Waals surface area contributed by atoms with Crippen LogP contribution < -0.4 is 15.0 Å². The van der Waals surface area contributed by atoms with Gasteiger partial charge in [-0.15, -0.1) is 0 Å². The number of alkyl carbamates (subject to hydrolysis) is 1. The van der Waals surface area contributed by atoms with Crippen molar-refractivity contribution in [2.75, 3.05) is 11.5 Å². The molecule has 0 saturated carbocycles. The van der Waals surface area contributed by atoms with Crippen LogP contribution in [0.1, 0.15) is 31.9 Å². The number of carbonyl (C=O) groups is 2. The molecule has 0 radical (unpaired) electrons.